The fourth-order valence-corrected chi connectivity index (χ4v) is 4.03. The van der Waals surface area contributed by atoms with Crippen LogP contribution in [0, 0.1) is 12.3 Å². The van der Waals surface area contributed by atoms with Gasteiger partial charge in [0.15, 0.2) is 0 Å². The Morgan fingerprint density at radius 2 is 1.90 bits per heavy atom. The summed E-state index contributed by atoms with van der Waals surface area (Å²) in [5, 5.41) is 5.20. The second-order valence-corrected chi connectivity index (χ2v) is 7.71. The van der Waals surface area contributed by atoms with Crippen molar-refractivity contribution in [3.8, 4) is 5.75 Å². The molecule has 4 nitrogen and oxygen atoms in total. The summed E-state index contributed by atoms with van der Waals surface area (Å²) in [6.07, 6.45) is 1.40. The van der Waals surface area contributed by atoms with Gasteiger partial charge in [0.2, 0.25) is 10.0 Å². The number of sulfonamides is 1. The van der Waals surface area contributed by atoms with Crippen molar-refractivity contribution >= 4 is 26.0 Å². The largest absolute Gasteiger partial charge is 0.492 e. The number of ether oxygens (including phenoxy) is 1. The minimum absolute atomic E-state index is 0.0590. The number of benzene rings is 1. The van der Waals surface area contributed by atoms with Gasteiger partial charge in [-0.2, -0.15) is 0 Å². The molecule has 0 saturated heterocycles. The lowest BCUT2D eigenvalue weighted by atomic mass is 9.85. The highest BCUT2D eigenvalue weighted by Gasteiger charge is 2.32. The molecule has 0 amide bonds. The van der Waals surface area contributed by atoms with Crippen LogP contribution >= 0.6 is 15.9 Å². The maximum atomic E-state index is 11.4. The normalized spacial score (nSPS) is 12.4. The number of halogens is 1. The summed E-state index contributed by atoms with van der Waals surface area (Å²) in [6, 6.07) is 5.81. The zero-order valence-electron chi connectivity index (χ0n) is 12.1. The van der Waals surface area contributed by atoms with E-state index < -0.39 is 15.4 Å². The van der Waals surface area contributed by atoms with Crippen LogP contribution in [0.5, 0.6) is 5.75 Å². The average Bonchev–Trinajstić information content (AvgIpc) is 2.35. The summed E-state index contributed by atoms with van der Waals surface area (Å²) in [6.45, 7) is 6.25. The lowest BCUT2D eigenvalue weighted by Gasteiger charge is -2.30. The summed E-state index contributed by atoms with van der Waals surface area (Å²) in [5.74, 6) is 0.660. The van der Waals surface area contributed by atoms with Gasteiger partial charge in [0.25, 0.3) is 0 Å². The van der Waals surface area contributed by atoms with Gasteiger partial charge in [0.05, 0.1) is 16.8 Å². The second-order valence-electron chi connectivity index (χ2n) is 5.24. The molecule has 0 fully saturated rings. The van der Waals surface area contributed by atoms with Crippen molar-refractivity contribution < 1.29 is 13.2 Å². The zero-order chi connectivity index (χ0) is 15.4. The molecule has 0 unspecified atom stereocenters. The van der Waals surface area contributed by atoms with E-state index in [0.717, 1.165) is 15.8 Å². The van der Waals surface area contributed by atoms with E-state index in [1.165, 1.54) is 0 Å². The molecular formula is C14H22BrNO3S. The molecule has 0 heterocycles. The Balaban J connectivity index is 2.86. The molecule has 20 heavy (non-hydrogen) atoms. The molecule has 0 bridgehead atoms. The third kappa shape index (κ3) is 5.07. The van der Waals surface area contributed by atoms with Crippen LogP contribution in [0.3, 0.4) is 0 Å². The highest BCUT2D eigenvalue weighted by molar-refractivity contribution is 9.10. The van der Waals surface area contributed by atoms with Gasteiger partial charge in [-0.3, -0.25) is 0 Å². The van der Waals surface area contributed by atoms with Gasteiger partial charge in [0, 0.05) is 5.41 Å². The molecule has 0 aliphatic heterocycles. The molecule has 114 valence electrons. The first-order chi connectivity index (χ1) is 9.21. The molecule has 0 aliphatic carbocycles. The lowest BCUT2D eigenvalue weighted by molar-refractivity contribution is 0.153. The first-order valence-electron chi connectivity index (χ1n) is 6.61. The Morgan fingerprint density at radius 1 is 1.30 bits per heavy atom. The van der Waals surface area contributed by atoms with Crippen molar-refractivity contribution in [1.82, 2.24) is 0 Å². The molecule has 0 spiro atoms. The van der Waals surface area contributed by atoms with Crippen LogP contribution in [0.1, 0.15) is 32.3 Å². The van der Waals surface area contributed by atoms with Gasteiger partial charge in [-0.05, 0) is 53.4 Å². The highest BCUT2D eigenvalue weighted by atomic mass is 79.9. The van der Waals surface area contributed by atoms with Crippen molar-refractivity contribution in [2.45, 2.75) is 33.6 Å². The molecule has 2 N–H and O–H groups in total. The summed E-state index contributed by atoms with van der Waals surface area (Å²) in [5.41, 5.74) is 0.684. The Hall–Kier alpha value is -0.590. The molecule has 1 aromatic rings. The average molecular weight is 364 g/mol. The Morgan fingerprint density at radius 3 is 2.35 bits per heavy atom. The van der Waals surface area contributed by atoms with Crippen LogP contribution in [0.15, 0.2) is 22.7 Å². The van der Waals surface area contributed by atoms with E-state index in [4.69, 9.17) is 9.88 Å². The Bertz CT molecular complexity index is 554. The SMILES string of the molecule is CCC(CC)(COc1ccc(C)cc1Br)CS(N)(=O)=O. The molecule has 6 heteroatoms. The van der Waals surface area contributed by atoms with Crippen molar-refractivity contribution in [1.29, 1.82) is 0 Å². The van der Waals surface area contributed by atoms with Gasteiger partial charge in [-0.25, -0.2) is 13.6 Å². The van der Waals surface area contributed by atoms with E-state index in [0.29, 0.717) is 19.4 Å². The number of aryl methyl sites for hydroxylation is 1. The predicted octanol–water partition coefficient (Wildman–Crippen LogP) is 3.23. The third-order valence-electron chi connectivity index (χ3n) is 3.63. The van der Waals surface area contributed by atoms with Crippen LogP contribution in [0.25, 0.3) is 0 Å². The van der Waals surface area contributed by atoms with E-state index in [9.17, 15) is 8.42 Å². The number of primary sulfonamides is 1. The Kier molecular flexibility index (Phi) is 6.04. The first kappa shape index (κ1) is 17.5. The van der Waals surface area contributed by atoms with Gasteiger partial charge >= 0.3 is 0 Å². The van der Waals surface area contributed by atoms with Crippen molar-refractivity contribution in [3.63, 3.8) is 0 Å². The Labute approximate surface area is 129 Å². The van der Waals surface area contributed by atoms with Crippen molar-refractivity contribution in [3.05, 3.63) is 28.2 Å². The topological polar surface area (TPSA) is 69.4 Å². The second kappa shape index (κ2) is 6.91. The number of hydrogen-bond donors (Lipinski definition) is 1. The van der Waals surface area contributed by atoms with E-state index in [1.807, 2.05) is 39.0 Å². The fourth-order valence-electron chi connectivity index (χ4n) is 2.08. The fraction of sp³-hybridized carbons (Fsp3) is 0.571. The highest BCUT2D eigenvalue weighted by Crippen LogP contribution is 2.32. The minimum Gasteiger partial charge on any atom is -0.492 e. The maximum absolute atomic E-state index is 11.4. The summed E-state index contributed by atoms with van der Waals surface area (Å²) >= 11 is 3.45. The van der Waals surface area contributed by atoms with Crippen LogP contribution in [-0.4, -0.2) is 20.8 Å². The number of nitrogens with two attached hydrogens (primary N) is 1. The number of rotatable bonds is 7. The van der Waals surface area contributed by atoms with Gasteiger partial charge < -0.3 is 4.74 Å². The summed E-state index contributed by atoms with van der Waals surface area (Å²) in [4.78, 5) is 0. The third-order valence-corrected chi connectivity index (χ3v) is 5.26. The maximum Gasteiger partial charge on any atom is 0.209 e. The van der Waals surface area contributed by atoms with Crippen LogP contribution in [-0.2, 0) is 10.0 Å². The van der Waals surface area contributed by atoms with Crippen LogP contribution < -0.4 is 9.88 Å². The predicted molar refractivity (Wildman–Crippen MR) is 85.4 cm³/mol. The number of hydrogen-bond acceptors (Lipinski definition) is 3. The minimum atomic E-state index is -3.52. The van der Waals surface area contributed by atoms with Crippen LogP contribution in [0.4, 0.5) is 0 Å². The molecule has 1 rings (SSSR count). The van der Waals surface area contributed by atoms with Crippen molar-refractivity contribution in [2.24, 2.45) is 10.6 Å². The standard InChI is InChI=1S/C14H22BrNO3S/c1-4-14(5-2,10-20(16,17)18)9-19-13-7-6-11(3)8-12(13)15/h6-8H,4-5,9-10H2,1-3H3,(H2,16,17,18). The quantitative estimate of drug-likeness (QED) is 0.808. The van der Waals surface area contributed by atoms with E-state index in [-0.39, 0.29) is 5.75 Å². The first-order valence-corrected chi connectivity index (χ1v) is 9.11. The summed E-state index contributed by atoms with van der Waals surface area (Å²) < 4.78 is 29.5. The molecular weight excluding hydrogens is 342 g/mol. The molecule has 0 atom stereocenters. The van der Waals surface area contributed by atoms with Gasteiger partial charge in [0.1, 0.15) is 5.75 Å². The molecule has 0 aromatic heterocycles. The smallest absolute Gasteiger partial charge is 0.209 e. The molecule has 1 aromatic carbocycles. The molecule has 0 aliphatic rings. The van der Waals surface area contributed by atoms with Crippen LogP contribution in [0.2, 0.25) is 0 Å². The molecule has 0 radical (unpaired) electrons. The van der Waals surface area contributed by atoms with Crippen molar-refractivity contribution in [2.75, 3.05) is 12.4 Å². The van der Waals surface area contributed by atoms with Gasteiger partial charge in [-0.1, -0.05) is 19.9 Å². The van der Waals surface area contributed by atoms with E-state index >= 15 is 0 Å². The monoisotopic (exact) mass is 363 g/mol. The van der Waals surface area contributed by atoms with Gasteiger partial charge in [-0.15, -0.1) is 0 Å². The molecule has 0 saturated carbocycles. The summed E-state index contributed by atoms with van der Waals surface area (Å²) in [7, 11) is -3.52. The van der Waals surface area contributed by atoms with E-state index in [1.54, 1.807) is 0 Å². The zero-order valence-corrected chi connectivity index (χ0v) is 14.6. The lowest BCUT2D eigenvalue weighted by Crippen LogP contribution is -2.37. The van der Waals surface area contributed by atoms with E-state index in [2.05, 4.69) is 15.9 Å².